The van der Waals surface area contributed by atoms with Crippen LogP contribution in [0.3, 0.4) is 0 Å². The van der Waals surface area contributed by atoms with Crippen molar-refractivity contribution in [2.24, 2.45) is 7.05 Å². The van der Waals surface area contributed by atoms with Gasteiger partial charge in [0.15, 0.2) is 0 Å². The average molecular weight is 222 g/mol. The molecule has 0 atom stereocenters. The number of aromatic nitrogens is 2. The maximum Gasteiger partial charge on any atom is 0.314 e. The topological polar surface area (TPSA) is 61.2 Å². The van der Waals surface area contributed by atoms with E-state index in [-0.39, 0.29) is 18.8 Å². The molecule has 0 aromatic carbocycles. The first-order valence-corrected chi connectivity index (χ1v) is 5.22. The number of rotatable bonds is 1. The van der Waals surface area contributed by atoms with E-state index in [4.69, 9.17) is 0 Å². The van der Waals surface area contributed by atoms with E-state index < -0.39 is 11.9 Å². The Balaban J connectivity index is 2.36. The van der Waals surface area contributed by atoms with Gasteiger partial charge >= 0.3 is 11.9 Å². The summed E-state index contributed by atoms with van der Waals surface area (Å²) in [7, 11) is 1.86. The molecule has 5 heteroatoms. The van der Waals surface area contributed by atoms with Gasteiger partial charge in [0.2, 0.25) is 0 Å². The molecule has 0 radical (unpaired) electrons. The first kappa shape index (κ1) is 10.9. The summed E-state index contributed by atoms with van der Waals surface area (Å²) in [5.41, 5.74) is 2.89. The lowest BCUT2D eigenvalue weighted by atomic mass is 9.89. The number of aryl methyl sites for hydroxylation is 2. The van der Waals surface area contributed by atoms with Gasteiger partial charge in [-0.15, -0.1) is 0 Å². The lowest BCUT2D eigenvalue weighted by Crippen LogP contribution is -2.24. The lowest BCUT2D eigenvalue weighted by Gasteiger charge is -2.20. The van der Waals surface area contributed by atoms with E-state index in [0.717, 1.165) is 17.0 Å². The maximum absolute atomic E-state index is 11.2. The van der Waals surface area contributed by atoms with Gasteiger partial charge < -0.3 is 4.74 Å². The van der Waals surface area contributed by atoms with Gasteiger partial charge in [-0.2, -0.15) is 5.10 Å². The van der Waals surface area contributed by atoms with Gasteiger partial charge in [0.05, 0.1) is 18.5 Å². The van der Waals surface area contributed by atoms with Gasteiger partial charge in [-0.3, -0.25) is 14.3 Å². The normalized spacial score (nSPS) is 17.7. The van der Waals surface area contributed by atoms with Gasteiger partial charge in [0, 0.05) is 24.2 Å². The minimum atomic E-state index is -0.441. The van der Waals surface area contributed by atoms with E-state index in [1.165, 1.54) is 0 Å². The third-order valence-corrected chi connectivity index (χ3v) is 3.03. The second kappa shape index (κ2) is 3.73. The van der Waals surface area contributed by atoms with E-state index in [0.29, 0.717) is 0 Å². The second-order valence-electron chi connectivity index (χ2n) is 4.16. The van der Waals surface area contributed by atoms with Crippen molar-refractivity contribution in [3.8, 4) is 0 Å². The molecular formula is C11H14N2O3. The molecule has 86 valence electrons. The molecular weight excluding hydrogens is 208 g/mol. The van der Waals surface area contributed by atoms with Crippen LogP contribution in [0.25, 0.3) is 0 Å². The number of carbonyl (C=O) groups excluding carboxylic acids is 2. The van der Waals surface area contributed by atoms with Crippen LogP contribution in [0.5, 0.6) is 0 Å². The van der Waals surface area contributed by atoms with Crippen LogP contribution in [0.4, 0.5) is 0 Å². The Labute approximate surface area is 93.4 Å². The van der Waals surface area contributed by atoms with Crippen molar-refractivity contribution < 1.29 is 14.3 Å². The molecule has 0 unspecified atom stereocenters. The molecule has 0 bridgehead atoms. The van der Waals surface area contributed by atoms with Gasteiger partial charge in [-0.25, -0.2) is 0 Å². The molecule has 1 aromatic rings. The van der Waals surface area contributed by atoms with E-state index in [1.54, 1.807) is 4.68 Å². The number of hydrogen-bond donors (Lipinski definition) is 0. The Morgan fingerprint density at radius 3 is 2.25 bits per heavy atom. The summed E-state index contributed by atoms with van der Waals surface area (Å²) in [4.78, 5) is 22.4. The molecule has 1 saturated heterocycles. The minimum absolute atomic E-state index is 0.0811. The Kier molecular flexibility index (Phi) is 2.53. The van der Waals surface area contributed by atoms with Gasteiger partial charge in [-0.1, -0.05) is 0 Å². The molecule has 5 nitrogen and oxygen atoms in total. The summed E-state index contributed by atoms with van der Waals surface area (Å²) in [6, 6.07) is 0. The zero-order valence-corrected chi connectivity index (χ0v) is 9.61. The summed E-state index contributed by atoms with van der Waals surface area (Å²) in [5.74, 6) is -0.963. The quantitative estimate of drug-likeness (QED) is 0.525. The summed E-state index contributed by atoms with van der Waals surface area (Å²) >= 11 is 0. The van der Waals surface area contributed by atoms with Crippen LogP contribution in [-0.2, 0) is 21.4 Å². The van der Waals surface area contributed by atoms with Crippen molar-refractivity contribution in [1.82, 2.24) is 9.78 Å². The van der Waals surface area contributed by atoms with Crippen LogP contribution in [0.15, 0.2) is 0 Å². The second-order valence-corrected chi connectivity index (χ2v) is 4.16. The highest BCUT2D eigenvalue weighted by Crippen LogP contribution is 2.32. The molecule has 1 aliphatic rings. The van der Waals surface area contributed by atoms with Gasteiger partial charge in [0.25, 0.3) is 0 Å². The van der Waals surface area contributed by atoms with E-state index in [2.05, 4.69) is 9.84 Å². The van der Waals surface area contributed by atoms with Crippen LogP contribution in [0, 0.1) is 13.8 Å². The van der Waals surface area contributed by atoms with Crippen LogP contribution >= 0.6 is 0 Å². The molecule has 2 rings (SSSR count). The smallest absolute Gasteiger partial charge is 0.314 e. The Morgan fingerprint density at radius 2 is 1.81 bits per heavy atom. The number of cyclic esters (lactones) is 2. The zero-order valence-electron chi connectivity index (χ0n) is 9.61. The zero-order chi connectivity index (χ0) is 11.9. The Morgan fingerprint density at radius 1 is 1.25 bits per heavy atom. The van der Waals surface area contributed by atoms with E-state index >= 15 is 0 Å². The summed E-state index contributed by atoms with van der Waals surface area (Å²) in [6.45, 7) is 3.84. The molecule has 0 saturated carbocycles. The minimum Gasteiger partial charge on any atom is -0.393 e. The molecule has 0 amide bonds. The lowest BCUT2D eigenvalue weighted by molar-refractivity contribution is -0.163. The molecule has 1 aliphatic heterocycles. The number of esters is 2. The van der Waals surface area contributed by atoms with Gasteiger partial charge in [0.1, 0.15) is 0 Å². The maximum atomic E-state index is 11.2. The molecule has 0 N–H and O–H groups in total. The summed E-state index contributed by atoms with van der Waals surface area (Å²) < 4.78 is 6.29. The highest BCUT2D eigenvalue weighted by Gasteiger charge is 2.31. The standard InChI is InChI=1S/C11H14N2O3/c1-6-11(7(2)13(3)12-6)8-4-9(14)16-10(15)5-8/h8H,4-5H2,1-3H3. The third kappa shape index (κ3) is 1.73. The fourth-order valence-electron chi connectivity index (χ4n) is 2.27. The number of nitrogens with zero attached hydrogens (tertiary/aromatic N) is 2. The number of ether oxygens (including phenoxy) is 1. The molecule has 0 spiro atoms. The largest absolute Gasteiger partial charge is 0.393 e. The van der Waals surface area contributed by atoms with Crippen molar-refractivity contribution >= 4 is 11.9 Å². The monoisotopic (exact) mass is 222 g/mol. The predicted molar refractivity (Wildman–Crippen MR) is 55.8 cm³/mol. The van der Waals surface area contributed by atoms with Crippen molar-refractivity contribution in [2.75, 3.05) is 0 Å². The first-order chi connectivity index (χ1) is 7.49. The van der Waals surface area contributed by atoms with Crippen molar-refractivity contribution in [1.29, 1.82) is 0 Å². The number of hydrogen-bond acceptors (Lipinski definition) is 4. The molecule has 1 aromatic heterocycles. The highest BCUT2D eigenvalue weighted by molar-refractivity contribution is 5.89. The van der Waals surface area contributed by atoms with Crippen molar-refractivity contribution in [2.45, 2.75) is 32.6 Å². The highest BCUT2D eigenvalue weighted by atomic mass is 16.6. The third-order valence-electron chi connectivity index (χ3n) is 3.03. The molecule has 16 heavy (non-hydrogen) atoms. The Hall–Kier alpha value is -1.65. The van der Waals surface area contributed by atoms with Crippen LogP contribution in [0.1, 0.15) is 35.7 Å². The molecule has 1 fully saturated rings. The van der Waals surface area contributed by atoms with Crippen LogP contribution in [0.2, 0.25) is 0 Å². The van der Waals surface area contributed by atoms with E-state index in [9.17, 15) is 9.59 Å². The van der Waals surface area contributed by atoms with Crippen LogP contribution < -0.4 is 0 Å². The summed E-state index contributed by atoms with van der Waals surface area (Å²) in [6.07, 6.45) is 0.526. The van der Waals surface area contributed by atoms with Crippen LogP contribution in [-0.4, -0.2) is 21.7 Å². The van der Waals surface area contributed by atoms with Crippen molar-refractivity contribution in [3.63, 3.8) is 0 Å². The number of carbonyl (C=O) groups is 2. The SMILES string of the molecule is Cc1nn(C)c(C)c1C1CC(=O)OC(=O)C1. The van der Waals surface area contributed by atoms with E-state index in [1.807, 2.05) is 20.9 Å². The molecule has 0 aliphatic carbocycles. The first-order valence-electron chi connectivity index (χ1n) is 5.22. The molecule has 2 heterocycles. The predicted octanol–water partition coefficient (Wildman–Crippen LogP) is 0.984. The summed E-state index contributed by atoms with van der Waals surface area (Å²) in [5, 5.41) is 4.29. The Bertz CT molecular complexity index is 446. The average Bonchev–Trinajstić information content (AvgIpc) is 2.39. The van der Waals surface area contributed by atoms with Crippen molar-refractivity contribution in [3.05, 3.63) is 17.0 Å². The fraction of sp³-hybridized carbons (Fsp3) is 0.545. The van der Waals surface area contributed by atoms with Gasteiger partial charge in [-0.05, 0) is 13.8 Å². The fourth-order valence-corrected chi connectivity index (χ4v) is 2.27.